The highest BCUT2D eigenvalue weighted by Crippen LogP contribution is 2.66. The fourth-order valence-electron chi connectivity index (χ4n) is 7.18. The average molecular weight is 440 g/mol. The smallest absolute Gasteiger partial charge is 0.155 e. The van der Waals surface area contributed by atoms with Crippen LogP contribution in [-0.2, 0) is 9.59 Å². The molecule has 0 heterocycles. The number of Topliss-reactive ketones (excluding diaryl/α,β-unsaturated/α-hetero) is 1. The second-order valence-corrected chi connectivity index (χ2v) is 10.0. The number of allylic oxidation sites excluding steroid dienone is 1. The van der Waals surface area contributed by atoms with Gasteiger partial charge in [-0.25, -0.2) is 0 Å². The second-order valence-electron chi connectivity index (χ2n) is 9.24. The number of carbonyl (C=O) groups is 2. The number of rotatable bonds is 2. The third-order valence-electron chi connectivity index (χ3n) is 8.48. The van der Waals surface area contributed by atoms with E-state index in [2.05, 4.69) is 36.4 Å². The highest BCUT2D eigenvalue weighted by atomic mass is 127. The second kappa shape index (κ2) is 5.92. The van der Waals surface area contributed by atoms with E-state index >= 15 is 0 Å². The van der Waals surface area contributed by atoms with Crippen molar-refractivity contribution in [1.29, 1.82) is 0 Å². The fraction of sp³-hybridized carbons (Fsp3) is 0.810. The summed E-state index contributed by atoms with van der Waals surface area (Å²) in [6.45, 7) is 4.86. The first-order chi connectivity index (χ1) is 11.4. The van der Waals surface area contributed by atoms with E-state index < -0.39 is 0 Å². The molecular formula is C21H29IO2. The monoisotopic (exact) mass is 440 g/mol. The minimum atomic E-state index is 0.242. The van der Waals surface area contributed by atoms with Crippen molar-refractivity contribution in [3.8, 4) is 0 Å². The number of ketones is 2. The van der Waals surface area contributed by atoms with E-state index in [1.54, 1.807) is 0 Å². The molecule has 0 spiro atoms. The zero-order valence-corrected chi connectivity index (χ0v) is 17.1. The first-order valence-corrected chi connectivity index (χ1v) is 11.3. The molecule has 0 aromatic carbocycles. The zero-order chi connectivity index (χ0) is 17.1. The van der Waals surface area contributed by atoms with E-state index in [1.165, 1.54) is 31.3 Å². The molecule has 2 nitrogen and oxygen atoms in total. The molecule has 0 radical (unpaired) electrons. The third kappa shape index (κ3) is 2.32. The van der Waals surface area contributed by atoms with Gasteiger partial charge in [0.15, 0.2) is 5.78 Å². The molecule has 0 bridgehead atoms. The number of carbonyl (C=O) groups excluding carboxylic acids is 2. The number of hydrogen-bond donors (Lipinski definition) is 0. The standard InChI is InChI=1S/C21H29IO2/c1-20-9-7-14(23)11-13(20)3-4-15-16-5-6-18(19(24)12-22)21(16,2)10-8-17(15)20/h11,15-18H,3-10,12H2,1-2H3/t15-,16-,17-,18+,20-,21-/m0/s1. The van der Waals surface area contributed by atoms with E-state index in [0.29, 0.717) is 21.9 Å². The number of hydrogen-bond acceptors (Lipinski definition) is 2. The van der Waals surface area contributed by atoms with E-state index in [0.717, 1.165) is 43.4 Å². The highest BCUT2D eigenvalue weighted by molar-refractivity contribution is 14.1. The van der Waals surface area contributed by atoms with Gasteiger partial charge in [0.2, 0.25) is 0 Å². The SMILES string of the molecule is C[C@]12CC[C@H]3[C@@H](CCC4=CC(=O)CC[C@@]43C)[C@@H]1CC[C@@H]2C(=O)CI. The van der Waals surface area contributed by atoms with Gasteiger partial charge in [-0.05, 0) is 79.6 Å². The molecule has 0 unspecified atom stereocenters. The Balaban J connectivity index is 1.65. The minimum Gasteiger partial charge on any atom is -0.299 e. The Morgan fingerprint density at radius 3 is 2.67 bits per heavy atom. The highest BCUT2D eigenvalue weighted by Gasteiger charge is 2.59. The van der Waals surface area contributed by atoms with Gasteiger partial charge in [0.1, 0.15) is 5.78 Å². The molecule has 0 saturated heterocycles. The number of fused-ring (bicyclic) bond motifs is 5. The van der Waals surface area contributed by atoms with E-state index in [-0.39, 0.29) is 10.8 Å². The average Bonchev–Trinajstić information content (AvgIpc) is 2.92. The predicted octanol–water partition coefficient (Wildman–Crippen LogP) is 5.14. The molecule has 24 heavy (non-hydrogen) atoms. The van der Waals surface area contributed by atoms with Crippen LogP contribution in [0.5, 0.6) is 0 Å². The predicted molar refractivity (Wildman–Crippen MR) is 104 cm³/mol. The van der Waals surface area contributed by atoms with Crippen LogP contribution < -0.4 is 0 Å². The van der Waals surface area contributed by atoms with Crippen molar-refractivity contribution in [2.75, 3.05) is 4.43 Å². The molecule has 0 amide bonds. The van der Waals surface area contributed by atoms with Crippen LogP contribution in [0.1, 0.15) is 65.2 Å². The Labute approximate surface area is 159 Å². The van der Waals surface area contributed by atoms with Crippen molar-refractivity contribution in [3.05, 3.63) is 11.6 Å². The molecule has 3 fully saturated rings. The first kappa shape index (κ1) is 17.2. The van der Waals surface area contributed by atoms with Gasteiger partial charge in [0.05, 0.1) is 4.43 Å². The van der Waals surface area contributed by atoms with Crippen LogP contribution in [-0.4, -0.2) is 16.0 Å². The summed E-state index contributed by atoms with van der Waals surface area (Å²) in [4.78, 5) is 24.4. The Morgan fingerprint density at radius 2 is 1.92 bits per heavy atom. The Hall–Kier alpha value is -0.190. The maximum absolute atomic E-state index is 12.5. The molecule has 0 N–H and O–H groups in total. The summed E-state index contributed by atoms with van der Waals surface area (Å²) in [6, 6.07) is 0. The lowest BCUT2D eigenvalue weighted by Gasteiger charge is -2.58. The van der Waals surface area contributed by atoms with Crippen LogP contribution in [0.3, 0.4) is 0 Å². The van der Waals surface area contributed by atoms with Crippen molar-refractivity contribution < 1.29 is 9.59 Å². The Morgan fingerprint density at radius 1 is 1.12 bits per heavy atom. The normalized spacial score (nSPS) is 47.5. The lowest BCUT2D eigenvalue weighted by atomic mass is 9.47. The fourth-order valence-corrected chi connectivity index (χ4v) is 7.71. The molecule has 3 heteroatoms. The lowest BCUT2D eigenvalue weighted by molar-refractivity contribution is -0.128. The van der Waals surface area contributed by atoms with Gasteiger partial charge < -0.3 is 0 Å². The lowest BCUT2D eigenvalue weighted by Crippen LogP contribution is -2.51. The summed E-state index contributed by atoms with van der Waals surface area (Å²) in [7, 11) is 0. The van der Waals surface area contributed by atoms with Gasteiger partial charge in [-0.3, -0.25) is 9.59 Å². The van der Waals surface area contributed by atoms with Gasteiger partial charge in [-0.2, -0.15) is 0 Å². The molecule has 0 aliphatic heterocycles. The van der Waals surface area contributed by atoms with Crippen LogP contribution in [0.2, 0.25) is 0 Å². The molecule has 132 valence electrons. The Kier molecular flexibility index (Phi) is 4.25. The number of alkyl halides is 1. The summed E-state index contributed by atoms with van der Waals surface area (Å²) >= 11 is 2.25. The van der Waals surface area contributed by atoms with Gasteiger partial charge in [0, 0.05) is 12.3 Å². The molecule has 6 atom stereocenters. The van der Waals surface area contributed by atoms with Crippen molar-refractivity contribution >= 4 is 34.2 Å². The van der Waals surface area contributed by atoms with Gasteiger partial charge in [0.25, 0.3) is 0 Å². The molecule has 4 aliphatic rings. The van der Waals surface area contributed by atoms with Crippen LogP contribution >= 0.6 is 22.6 Å². The molecule has 4 aliphatic carbocycles. The maximum Gasteiger partial charge on any atom is 0.155 e. The largest absolute Gasteiger partial charge is 0.299 e. The molecular weight excluding hydrogens is 411 g/mol. The van der Waals surface area contributed by atoms with Crippen molar-refractivity contribution in [1.82, 2.24) is 0 Å². The summed E-state index contributed by atoms with van der Waals surface area (Å²) in [5.74, 6) is 3.37. The number of halogens is 1. The maximum atomic E-state index is 12.5. The molecule has 4 rings (SSSR count). The molecule has 3 saturated carbocycles. The van der Waals surface area contributed by atoms with Crippen LogP contribution in [0, 0.1) is 34.5 Å². The van der Waals surface area contributed by atoms with Crippen molar-refractivity contribution in [2.45, 2.75) is 65.2 Å². The van der Waals surface area contributed by atoms with Crippen LogP contribution in [0.25, 0.3) is 0 Å². The summed E-state index contributed by atoms with van der Waals surface area (Å²) in [6.07, 6.45) is 11.0. The summed E-state index contributed by atoms with van der Waals surface area (Å²) < 4.78 is 0.672. The quantitative estimate of drug-likeness (QED) is 0.440. The summed E-state index contributed by atoms with van der Waals surface area (Å²) in [5.41, 5.74) is 1.94. The minimum absolute atomic E-state index is 0.242. The van der Waals surface area contributed by atoms with E-state index in [4.69, 9.17) is 0 Å². The van der Waals surface area contributed by atoms with Crippen molar-refractivity contribution in [2.24, 2.45) is 34.5 Å². The third-order valence-corrected chi connectivity index (χ3v) is 9.23. The summed E-state index contributed by atoms with van der Waals surface area (Å²) in [5, 5.41) is 0. The topological polar surface area (TPSA) is 34.1 Å². The van der Waals surface area contributed by atoms with Crippen molar-refractivity contribution in [3.63, 3.8) is 0 Å². The zero-order valence-electron chi connectivity index (χ0n) is 14.9. The van der Waals surface area contributed by atoms with E-state index in [1.807, 2.05) is 6.08 Å². The van der Waals surface area contributed by atoms with E-state index in [9.17, 15) is 9.59 Å². The molecule has 0 aromatic heterocycles. The van der Waals surface area contributed by atoms with Crippen LogP contribution in [0.15, 0.2) is 11.6 Å². The first-order valence-electron chi connectivity index (χ1n) is 9.72. The van der Waals surface area contributed by atoms with Gasteiger partial charge in [-0.1, -0.05) is 42.0 Å². The molecule has 0 aromatic rings. The van der Waals surface area contributed by atoms with Crippen LogP contribution in [0.4, 0.5) is 0 Å². The van der Waals surface area contributed by atoms with Gasteiger partial charge >= 0.3 is 0 Å². The van der Waals surface area contributed by atoms with Gasteiger partial charge in [-0.15, -0.1) is 0 Å². The Bertz CT molecular complexity index is 609.